The lowest BCUT2D eigenvalue weighted by molar-refractivity contribution is -0.122. The highest BCUT2D eigenvalue weighted by molar-refractivity contribution is 9.10. The molecule has 24 heavy (non-hydrogen) atoms. The van der Waals surface area contributed by atoms with Crippen molar-refractivity contribution in [1.82, 2.24) is 4.90 Å². The van der Waals surface area contributed by atoms with Gasteiger partial charge in [-0.1, -0.05) is 18.7 Å². The number of rotatable bonds is 7. The molecule has 1 fully saturated rings. The van der Waals surface area contributed by atoms with Gasteiger partial charge in [0.25, 0.3) is 11.1 Å². The highest BCUT2D eigenvalue weighted by atomic mass is 79.9. The van der Waals surface area contributed by atoms with E-state index in [9.17, 15) is 9.59 Å². The largest absolute Gasteiger partial charge is 0.493 e. The van der Waals surface area contributed by atoms with Gasteiger partial charge in [-0.15, -0.1) is 6.58 Å². The monoisotopic (exact) mass is 409 g/mol. The van der Waals surface area contributed by atoms with Crippen LogP contribution in [-0.2, 0) is 4.79 Å². The maximum atomic E-state index is 12.2. The zero-order valence-electron chi connectivity index (χ0n) is 13.1. The molecule has 0 aromatic heterocycles. The van der Waals surface area contributed by atoms with E-state index < -0.39 is 0 Å². The molecule has 1 aliphatic rings. The number of imide groups is 1. The van der Waals surface area contributed by atoms with Crippen LogP contribution in [0.1, 0.15) is 5.56 Å². The molecule has 1 saturated heterocycles. The molecule has 0 radical (unpaired) electrons. The minimum Gasteiger partial charge on any atom is -0.493 e. The standard InChI is InChI=1S/C17H16BrNO4S/c1-4-6-19-16(20)14(24-17(19)21)10-11-8-12(18)15(23-7-5-2)13(9-11)22-3/h4-5,8-10H,1-2,6-7H2,3H3/b14-10+. The molecule has 1 aromatic rings. The van der Waals surface area contributed by atoms with Crippen molar-refractivity contribution >= 4 is 44.9 Å². The van der Waals surface area contributed by atoms with Gasteiger partial charge in [0.05, 0.1) is 16.5 Å². The second-order valence-corrected chi connectivity index (χ2v) is 6.56. The van der Waals surface area contributed by atoms with Gasteiger partial charge in [-0.3, -0.25) is 14.5 Å². The van der Waals surface area contributed by atoms with E-state index in [0.717, 1.165) is 16.7 Å². The van der Waals surface area contributed by atoms with Crippen LogP contribution in [0.3, 0.4) is 0 Å². The highest BCUT2D eigenvalue weighted by Crippen LogP contribution is 2.39. The lowest BCUT2D eigenvalue weighted by Gasteiger charge is -2.12. The molecule has 1 aliphatic heterocycles. The first-order chi connectivity index (χ1) is 11.5. The number of hydrogen-bond donors (Lipinski definition) is 0. The smallest absolute Gasteiger partial charge is 0.293 e. The molecule has 126 valence electrons. The maximum absolute atomic E-state index is 12.2. The van der Waals surface area contributed by atoms with Crippen molar-refractivity contribution < 1.29 is 19.1 Å². The van der Waals surface area contributed by atoms with Crippen LogP contribution in [0.15, 0.2) is 46.8 Å². The Hall–Kier alpha value is -1.99. The number of ether oxygens (including phenoxy) is 2. The van der Waals surface area contributed by atoms with Gasteiger partial charge in [-0.2, -0.15) is 0 Å². The summed E-state index contributed by atoms with van der Waals surface area (Å²) in [6, 6.07) is 3.53. The summed E-state index contributed by atoms with van der Waals surface area (Å²) in [5.74, 6) is 0.740. The van der Waals surface area contributed by atoms with Gasteiger partial charge in [0.15, 0.2) is 11.5 Å². The molecule has 2 amide bonds. The lowest BCUT2D eigenvalue weighted by Crippen LogP contribution is -2.27. The molecular weight excluding hydrogens is 394 g/mol. The molecule has 2 rings (SSSR count). The fraction of sp³-hybridized carbons (Fsp3) is 0.176. The van der Waals surface area contributed by atoms with Gasteiger partial charge in [0.2, 0.25) is 0 Å². The van der Waals surface area contributed by atoms with E-state index >= 15 is 0 Å². The fourth-order valence-electron chi connectivity index (χ4n) is 2.04. The average molecular weight is 410 g/mol. The summed E-state index contributed by atoms with van der Waals surface area (Å²) in [6.07, 6.45) is 4.80. The Morgan fingerprint density at radius 1 is 1.29 bits per heavy atom. The number of carbonyl (C=O) groups is 2. The van der Waals surface area contributed by atoms with Crippen molar-refractivity contribution in [2.45, 2.75) is 0 Å². The average Bonchev–Trinajstić information content (AvgIpc) is 2.81. The predicted molar refractivity (Wildman–Crippen MR) is 99.3 cm³/mol. The van der Waals surface area contributed by atoms with Crippen LogP contribution in [0.4, 0.5) is 4.79 Å². The first kappa shape index (κ1) is 18.4. The third kappa shape index (κ3) is 3.91. The number of thioether (sulfide) groups is 1. The number of carbonyl (C=O) groups excluding carboxylic acids is 2. The number of methoxy groups -OCH3 is 1. The maximum Gasteiger partial charge on any atom is 0.293 e. The Morgan fingerprint density at radius 3 is 2.67 bits per heavy atom. The Bertz CT molecular complexity index is 730. The highest BCUT2D eigenvalue weighted by Gasteiger charge is 2.34. The quantitative estimate of drug-likeness (QED) is 0.497. The van der Waals surface area contributed by atoms with Crippen molar-refractivity contribution in [3.63, 3.8) is 0 Å². The van der Waals surface area contributed by atoms with E-state index in [1.165, 1.54) is 13.2 Å². The van der Waals surface area contributed by atoms with Gasteiger partial charge in [0.1, 0.15) is 6.61 Å². The van der Waals surface area contributed by atoms with Crippen LogP contribution in [0, 0.1) is 0 Å². The normalized spacial score (nSPS) is 15.8. The lowest BCUT2D eigenvalue weighted by atomic mass is 10.2. The fourth-order valence-corrected chi connectivity index (χ4v) is 3.47. The predicted octanol–water partition coefficient (Wildman–Crippen LogP) is 4.24. The van der Waals surface area contributed by atoms with Gasteiger partial charge < -0.3 is 9.47 Å². The summed E-state index contributed by atoms with van der Waals surface area (Å²) in [4.78, 5) is 25.6. The van der Waals surface area contributed by atoms with Crippen molar-refractivity contribution in [2.24, 2.45) is 0 Å². The Balaban J connectivity index is 2.34. The minimum absolute atomic E-state index is 0.198. The molecule has 1 aromatic carbocycles. The molecule has 7 heteroatoms. The third-order valence-corrected chi connectivity index (χ3v) is 4.58. The first-order valence-corrected chi connectivity index (χ1v) is 8.60. The van der Waals surface area contributed by atoms with Crippen LogP contribution in [0.25, 0.3) is 6.08 Å². The van der Waals surface area contributed by atoms with Gasteiger partial charge >= 0.3 is 0 Å². The summed E-state index contributed by atoms with van der Waals surface area (Å²) in [7, 11) is 1.53. The van der Waals surface area contributed by atoms with E-state index in [4.69, 9.17) is 9.47 Å². The van der Waals surface area contributed by atoms with E-state index in [0.29, 0.717) is 33.0 Å². The van der Waals surface area contributed by atoms with Crippen LogP contribution in [0.2, 0.25) is 0 Å². The molecule has 5 nitrogen and oxygen atoms in total. The van der Waals surface area contributed by atoms with Crippen molar-refractivity contribution in [2.75, 3.05) is 20.3 Å². The van der Waals surface area contributed by atoms with Gasteiger partial charge in [-0.05, 0) is 51.5 Å². The van der Waals surface area contributed by atoms with Crippen molar-refractivity contribution in [3.05, 3.63) is 52.4 Å². The summed E-state index contributed by atoms with van der Waals surface area (Å²) < 4.78 is 11.6. The van der Waals surface area contributed by atoms with Crippen LogP contribution in [-0.4, -0.2) is 36.3 Å². The molecule has 1 heterocycles. The SMILES string of the molecule is C=CCOc1c(Br)cc(/C=C2/SC(=O)N(CC=C)C2=O)cc1OC. The number of halogens is 1. The van der Waals surface area contributed by atoms with E-state index in [1.807, 2.05) is 0 Å². The minimum atomic E-state index is -0.327. The van der Waals surface area contributed by atoms with E-state index in [2.05, 4.69) is 29.1 Å². The summed E-state index contributed by atoms with van der Waals surface area (Å²) in [5, 5.41) is -0.303. The zero-order chi connectivity index (χ0) is 17.7. The Kier molecular flexibility index (Phi) is 6.28. The molecule has 0 atom stereocenters. The van der Waals surface area contributed by atoms with Crippen LogP contribution >= 0.6 is 27.7 Å². The van der Waals surface area contributed by atoms with Crippen molar-refractivity contribution in [3.8, 4) is 11.5 Å². The van der Waals surface area contributed by atoms with Crippen molar-refractivity contribution in [1.29, 1.82) is 0 Å². The number of amides is 2. The molecule has 0 spiro atoms. The Morgan fingerprint density at radius 2 is 2.04 bits per heavy atom. The summed E-state index contributed by atoms with van der Waals surface area (Å²) in [5.41, 5.74) is 0.716. The van der Waals surface area contributed by atoms with Crippen LogP contribution < -0.4 is 9.47 Å². The zero-order valence-corrected chi connectivity index (χ0v) is 15.5. The topological polar surface area (TPSA) is 55.8 Å². The van der Waals surface area contributed by atoms with Crippen LogP contribution in [0.5, 0.6) is 11.5 Å². The molecule has 0 unspecified atom stereocenters. The van der Waals surface area contributed by atoms with E-state index in [1.54, 1.807) is 24.3 Å². The first-order valence-electron chi connectivity index (χ1n) is 6.99. The van der Waals surface area contributed by atoms with Gasteiger partial charge in [-0.25, -0.2) is 0 Å². The molecule has 0 bridgehead atoms. The molecule has 0 aliphatic carbocycles. The second kappa shape index (κ2) is 8.21. The Labute approximate surface area is 153 Å². The third-order valence-electron chi connectivity index (χ3n) is 3.08. The molecule has 0 saturated carbocycles. The van der Waals surface area contributed by atoms with Gasteiger partial charge in [0, 0.05) is 6.54 Å². The number of nitrogens with zero attached hydrogens (tertiary/aromatic N) is 1. The summed E-state index contributed by atoms with van der Waals surface area (Å²) in [6.45, 7) is 7.70. The summed E-state index contributed by atoms with van der Waals surface area (Å²) >= 11 is 4.34. The second-order valence-electron chi connectivity index (χ2n) is 4.71. The molecule has 0 N–H and O–H groups in total. The number of benzene rings is 1. The molecular formula is C17H16BrNO4S. The van der Waals surface area contributed by atoms with E-state index in [-0.39, 0.29) is 17.7 Å². The number of hydrogen-bond acceptors (Lipinski definition) is 5.